The fourth-order valence-electron chi connectivity index (χ4n) is 0.700. The summed E-state index contributed by atoms with van der Waals surface area (Å²) in [4.78, 5) is 10.4. The number of allylic oxidation sites excluding steroid dienone is 2. The van der Waals surface area contributed by atoms with Crippen LogP contribution in [0.15, 0.2) is 24.1 Å². The van der Waals surface area contributed by atoms with E-state index in [2.05, 4.69) is 0 Å². The quantitative estimate of drug-likeness (QED) is 0.541. The van der Waals surface area contributed by atoms with Gasteiger partial charge in [-0.3, -0.25) is 4.79 Å². The molecule has 54 valence electrons. The first-order valence-corrected chi connectivity index (χ1v) is 2.85. The molecular formula is C7H7FO2. The first-order chi connectivity index (χ1) is 4.51. The van der Waals surface area contributed by atoms with Gasteiger partial charge in [-0.25, -0.2) is 4.39 Å². The van der Waals surface area contributed by atoms with Crippen molar-refractivity contribution in [2.24, 2.45) is 0 Å². The molecular weight excluding hydrogens is 135 g/mol. The summed E-state index contributed by atoms with van der Waals surface area (Å²) < 4.78 is 12.4. The average Bonchev–Trinajstić information content (AvgIpc) is 1.79. The number of carbonyl (C=O) groups excluding carboxylic acids is 1. The van der Waals surface area contributed by atoms with E-state index in [0.717, 1.165) is 12.2 Å². The Labute approximate surface area is 57.7 Å². The minimum atomic E-state index is -1.31. The third-order valence-corrected chi connectivity index (χ3v) is 1.23. The fourth-order valence-corrected chi connectivity index (χ4v) is 0.700. The van der Waals surface area contributed by atoms with E-state index in [1.54, 1.807) is 0 Å². The molecule has 1 rings (SSSR count). The Balaban J connectivity index is 2.95. The lowest BCUT2D eigenvalue weighted by molar-refractivity contribution is -0.113. The van der Waals surface area contributed by atoms with Gasteiger partial charge in [0.1, 0.15) is 5.60 Å². The molecule has 0 amide bonds. The molecule has 1 aliphatic rings. The molecule has 0 bridgehead atoms. The van der Waals surface area contributed by atoms with Gasteiger partial charge in [0.25, 0.3) is 0 Å². The van der Waals surface area contributed by atoms with Gasteiger partial charge in [0.2, 0.25) is 5.78 Å². The predicted molar refractivity (Wildman–Crippen MR) is 34.0 cm³/mol. The third-order valence-electron chi connectivity index (χ3n) is 1.23. The van der Waals surface area contributed by atoms with Crippen LogP contribution in [0.2, 0.25) is 0 Å². The highest BCUT2D eigenvalue weighted by atomic mass is 19.1. The van der Waals surface area contributed by atoms with E-state index in [0.29, 0.717) is 0 Å². The largest absolute Gasteiger partial charge is 0.382 e. The molecule has 0 saturated carbocycles. The minimum absolute atomic E-state index is 0.688. The van der Waals surface area contributed by atoms with Crippen LogP contribution in [0.5, 0.6) is 0 Å². The standard InChI is InChI=1S/C7H7FO2/c1-7(10)3-2-6(9)5(8)4-7/h2-4,10H,1H3/t7-/m1/s1. The molecule has 0 aromatic carbocycles. The maximum absolute atomic E-state index is 12.4. The van der Waals surface area contributed by atoms with Crippen LogP contribution in [0.1, 0.15) is 6.92 Å². The number of rotatable bonds is 0. The lowest BCUT2D eigenvalue weighted by Gasteiger charge is -2.15. The topological polar surface area (TPSA) is 37.3 Å². The molecule has 3 heteroatoms. The summed E-state index contributed by atoms with van der Waals surface area (Å²) in [6.45, 7) is 1.40. The van der Waals surface area contributed by atoms with E-state index in [-0.39, 0.29) is 0 Å². The molecule has 0 unspecified atom stereocenters. The number of ketones is 1. The molecule has 1 N–H and O–H groups in total. The summed E-state index contributed by atoms with van der Waals surface area (Å²) in [7, 11) is 0. The summed E-state index contributed by atoms with van der Waals surface area (Å²) in [5, 5.41) is 9.11. The molecule has 2 nitrogen and oxygen atoms in total. The third kappa shape index (κ3) is 1.30. The SMILES string of the molecule is C[C@@]1(O)C=CC(=O)C(F)=C1. The Morgan fingerprint density at radius 1 is 1.70 bits per heavy atom. The van der Waals surface area contributed by atoms with E-state index in [1.165, 1.54) is 13.0 Å². The summed E-state index contributed by atoms with van der Waals surface area (Å²) in [6.07, 6.45) is 3.16. The van der Waals surface area contributed by atoms with Gasteiger partial charge in [-0.2, -0.15) is 0 Å². The maximum Gasteiger partial charge on any atom is 0.213 e. The van der Waals surface area contributed by atoms with E-state index in [4.69, 9.17) is 5.11 Å². The fraction of sp³-hybridized carbons (Fsp3) is 0.286. The Hall–Kier alpha value is -0.960. The maximum atomic E-state index is 12.4. The zero-order chi connectivity index (χ0) is 7.78. The zero-order valence-corrected chi connectivity index (χ0v) is 5.47. The lowest BCUT2D eigenvalue weighted by atomic mass is 10.00. The van der Waals surface area contributed by atoms with Crippen LogP contribution in [-0.4, -0.2) is 16.5 Å². The highest BCUT2D eigenvalue weighted by Gasteiger charge is 2.21. The number of halogens is 1. The van der Waals surface area contributed by atoms with Crippen LogP contribution in [0.4, 0.5) is 4.39 Å². The van der Waals surface area contributed by atoms with Crippen molar-refractivity contribution in [3.63, 3.8) is 0 Å². The highest BCUT2D eigenvalue weighted by molar-refractivity contribution is 6.03. The van der Waals surface area contributed by atoms with Gasteiger partial charge in [0, 0.05) is 0 Å². The molecule has 0 fully saturated rings. The van der Waals surface area contributed by atoms with Crippen LogP contribution < -0.4 is 0 Å². The number of hydrogen-bond donors (Lipinski definition) is 1. The molecule has 0 aliphatic heterocycles. The molecule has 0 spiro atoms. The van der Waals surface area contributed by atoms with Crippen molar-refractivity contribution >= 4 is 5.78 Å². The van der Waals surface area contributed by atoms with Crippen molar-refractivity contribution in [1.82, 2.24) is 0 Å². The number of carbonyl (C=O) groups is 1. The van der Waals surface area contributed by atoms with Crippen molar-refractivity contribution in [3.05, 3.63) is 24.1 Å². The van der Waals surface area contributed by atoms with Gasteiger partial charge in [-0.1, -0.05) is 0 Å². The van der Waals surface area contributed by atoms with Crippen LogP contribution >= 0.6 is 0 Å². The second-order valence-electron chi connectivity index (χ2n) is 2.42. The average molecular weight is 142 g/mol. The van der Waals surface area contributed by atoms with Gasteiger partial charge in [-0.15, -0.1) is 0 Å². The smallest absolute Gasteiger partial charge is 0.213 e. The first-order valence-electron chi connectivity index (χ1n) is 2.85. The molecule has 0 aromatic heterocycles. The van der Waals surface area contributed by atoms with E-state index in [9.17, 15) is 9.18 Å². The van der Waals surface area contributed by atoms with Gasteiger partial charge in [0.15, 0.2) is 5.83 Å². The summed E-state index contributed by atoms with van der Waals surface area (Å²) in [6, 6.07) is 0. The molecule has 0 saturated heterocycles. The van der Waals surface area contributed by atoms with Crippen LogP contribution in [0.3, 0.4) is 0 Å². The summed E-state index contributed by atoms with van der Waals surface area (Å²) >= 11 is 0. The van der Waals surface area contributed by atoms with Gasteiger partial charge in [0.05, 0.1) is 0 Å². The van der Waals surface area contributed by atoms with Gasteiger partial charge < -0.3 is 5.11 Å². The number of aliphatic hydroxyl groups is 1. The normalized spacial score (nSPS) is 32.3. The first kappa shape index (κ1) is 7.15. The summed E-state index contributed by atoms with van der Waals surface area (Å²) in [5.74, 6) is -1.58. The van der Waals surface area contributed by atoms with Gasteiger partial charge >= 0.3 is 0 Å². The Kier molecular flexibility index (Phi) is 1.45. The van der Waals surface area contributed by atoms with E-state index in [1.807, 2.05) is 0 Å². The lowest BCUT2D eigenvalue weighted by Crippen LogP contribution is -2.22. The highest BCUT2D eigenvalue weighted by Crippen LogP contribution is 2.17. The van der Waals surface area contributed by atoms with Crippen molar-refractivity contribution in [2.45, 2.75) is 12.5 Å². The van der Waals surface area contributed by atoms with Crippen LogP contribution in [-0.2, 0) is 4.79 Å². The summed E-state index contributed by atoms with van der Waals surface area (Å²) in [5.41, 5.74) is -1.31. The van der Waals surface area contributed by atoms with E-state index < -0.39 is 17.2 Å². The van der Waals surface area contributed by atoms with Crippen molar-refractivity contribution in [2.75, 3.05) is 0 Å². The molecule has 1 aliphatic carbocycles. The molecule has 0 heterocycles. The second-order valence-corrected chi connectivity index (χ2v) is 2.42. The van der Waals surface area contributed by atoms with Crippen molar-refractivity contribution in [1.29, 1.82) is 0 Å². The molecule has 10 heavy (non-hydrogen) atoms. The Bertz CT molecular complexity index is 226. The van der Waals surface area contributed by atoms with Crippen LogP contribution in [0.25, 0.3) is 0 Å². The van der Waals surface area contributed by atoms with Crippen molar-refractivity contribution in [3.8, 4) is 0 Å². The molecule has 0 aromatic rings. The molecule has 0 radical (unpaired) electrons. The monoisotopic (exact) mass is 142 g/mol. The Morgan fingerprint density at radius 2 is 2.30 bits per heavy atom. The second kappa shape index (κ2) is 2.02. The predicted octanol–water partition coefficient (Wildman–Crippen LogP) is 0.730. The molecule has 1 atom stereocenters. The minimum Gasteiger partial charge on any atom is -0.382 e. The van der Waals surface area contributed by atoms with Crippen molar-refractivity contribution < 1.29 is 14.3 Å². The van der Waals surface area contributed by atoms with Gasteiger partial charge in [-0.05, 0) is 25.2 Å². The number of hydrogen-bond acceptors (Lipinski definition) is 2. The van der Waals surface area contributed by atoms with E-state index >= 15 is 0 Å². The zero-order valence-electron chi connectivity index (χ0n) is 5.47. The van der Waals surface area contributed by atoms with Crippen LogP contribution in [0, 0.1) is 0 Å². The Morgan fingerprint density at radius 3 is 2.70 bits per heavy atom.